The van der Waals surface area contributed by atoms with Crippen LogP contribution in [0.15, 0.2) is 12.4 Å². The highest BCUT2D eigenvalue weighted by molar-refractivity contribution is 5.93. The van der Waals surface area contributed by atoms with Crippen LogP contribution < -0.4 is 10.6 Å². The predicted molar refractivity (Wildman–Crippen MR) is 101 cm³/mol. The molecule has 1 aromatic heterocycles. The zero-order valence-corrected chi connectivity index (χ0v) is 16.5. The number of rotatable bonds is 5. The van der Waals surface area contributed by atoms with Gasteiger partial charge in [0.25, 0.3) is 5.91 Å². The minimum absolute atomic E-state index is 0.00976. The van der Waals surface area contributed by atoms with Gasteiger partial charge in [-0.05, 0) is 39.0 Å². The van der Waals surface area contributed by atoms with Crippen molar-refractivity contribution in [1.29, 1.82) is 0 Å². The fraction of sp³-hybridized carbons (Fsp3) is 0.737. The summed E-state index contributed by atoms with van der Waals surface area (Å²) in [5.74, 6) is 0.670. The third-order valence-corrected chi connectivity index (χ3v) is 5.84. The summed E-state index contributed by atoms with van der Waals surface area (Å²) in [6.45, 7) is 7.69. The molecule has 2 N–H and O–H groups in total. The van der Waals surface area contributed by atoms with Crippen molar-refractivity contribution in [3.8, 4) is 0 Å². The summed E-state index contributed by atoms with van der Waals surface area (Å²) in [6.07, 6.45) is 6.07. The van der Waals surface area contributed by atoms with Gasteiger partial charge in [-0.15, -0.1) is 0 Å². The SMILES string of the molecule is Cn1cc(C(=O)NCC2CCN(C(=O)NCC3CCOC3(C)C)CC2)cn1. The average Bonchev–Trinajstić information content (AvgIpc) is 3.23. The lowest BCUT2D eigenvalue weighted by Gasteiger charge is -2.33. The molecule has 27 heavy (non-hydrogen) atoms. The topological polar surface area (TPSA) is 88.5 Å². The van der Waals surface area contributed by atoms with E-state index in [0.29, 0.717) is 30.5 Å². The van der Waals surface area contributed by atoms with E-state index < -0.39 is 0 Å². The van der Waals surface area contributed by atoms with Crippen molar-refractivity contribution in [3.63, 3.8) is 0 Å². The lowest BCUT2D eigenvalue weighted by atomic mass is 9.91. The lowest BCUT2D eigenvalue weighted by molar-refractivity contribution is 0.0117. The average molecular weight is 377 g/mol. The molecule has 1 unspecified atom stereocenters. The van der Waals surface area contributed by atoms with E-state index in [-0.39, 0.29) is 17.5 Å². The quantitative estimate of drug-likeness (QED) is 0.812. The van der Waals surface area contributed by atoms with Crippen molar-refractivity contribution in [2.24, 2.45) is 18.9 Å². The van der Waals surface area contributed by atoms with Gasteiger partial charge < -0.3 is 20.3 Å². The van der Waals surface area contributed by atoms with Crippen molar-refractivity contribution in [3.05, 3.63) is 18.0 Å². The van der Waals surface area contributed by atoms with Gasteiger partial charge in [0.05, 0.1) is 17.4 Å². The van der Waals surface area contributed by atoms with Gasteiger partial charge in [0.1, 0.15) is 0 Å². The smallest absolute Gasteiger partial charge is 0.317 e. The number of hydrogen-bond donors (Lipinski definition) is 2. The molecule has 0 saturated carbocycles. The van der Waals surface area contributed by atoms with E-state index in [9.17, 15) is 9.59 Å². The molecular formula is C19H31N5O3. The summed E-state index contributed by atoms with van der Waals surface area (Å²) in [6, 6.07) is 0.00976. The number of aromatic nitrogens is 2. The molecule has 8 nitrogen and oxygen atoms in total. The molecule has 2 aliphatic rings. The first kappa shape index (κ1) is 19.7. The van der Waals surface area contributed by atoms with Crippen LogP contribution in [0.1, 0.15) is 43.5 Å². The van der Waals surface area contributed by atoms with Crippen LogP contribution in [-0.2, 0) is 11.8 Å². The van der Waals surface area contributed by atoms with E-state index in [4.69, 9.17) is 4.74 Å². The monoisotopic (exact) mass is 377 g/mol. The third kappa shape index (κ3) is 5.00. The van der Waals surface area contributed by atoms with Crippen molar-refractivity contribution >= 4 is 11.9 Å². The molecule has 0 aromatic carbocycles. The number of piperidine rings is 1. The fourth-order valence-corrected chi connectivity index (χ4v) is 3.82. The Balaban J connectivity index is 1.36. The molecule has 0 bridgehead atoms. The van der Waals surface area contributed by atoms with Crippen LogP contribution in [0, 0.1) is 11.8 Å². The first-order valence-corrected chi connectivity index (χ1v) is 9.79. The Hall–Kier alpha value is -2.09. The molecule has 1 atom stereocenters. The van der Waals surface area contributed by atoms with E-state index in [1.54, 1.807) is 24.1 Å². The highest BCUT2D eigenvalue weighted by atomic mass is 16.5. The lowest BCUT2D eigenvalue weighted by Crippen LogP contribution is -2.48. The van der Waals surface area contributed by atoms with Crippen molar-refractivity contribution in [2.75, 3.05) is 32.8 Å². The second-order valence-electron chi connectivity index (χ2n) is 8.17. The minimum atomic E-state index is -0.160. The zero-order chi connectivity index (χ0) is 19.4. The molecule has 3 amide bonds. The Kier molecular flexibility index (Phi) is 6.04. The molecule has 2 fully saturated rings. The first-order chi connectivity index (χ1) is 12.8. The molecule has 2 saturated heterocycles. The molecule has 0 spiro atoms. The number of nitrogens with zero attached hydrogens (tertiary/aromatic N) is 3. The van der Waals surface area contributed by atoms with Crippen LogP contribution in [0.3, 0.4) is 0 Å². The molecule has 0 radical (unpaired) electrons. The van der Waals surface area contributed by atoms with Crippen LogP contribution in [0.5, 0.6) is 0 Å². The number of aryl methyl sites for hydroxylation is 1. The second-order valence-corrected chi connectivity index (χ2v) is 8.17. The van der Waals surface area contributed by atoms with Crippen molar-refractivity contribution in [2.45, 2.75) is 38.7 Å². The second kappa shape index (κ2) is 8.29. The normalized spacial score (nSPS) is 22.6. The molecule has 3 heterocycles. The summed E-state index contributed by atoms with van der Waals surface area (Å²) in [4.78, 5) is 26.4. The van der Waals surface area contributed by atoms with E-state index in [1.165, 1.54) is 0 Å². The Morgan fingerprint density at radius 3 is 2.56 bits per heavy atom. The number of urea groups is 1. The number of hydrogen-bond acceptors (Lipinski definition) is 4. The molecule has 0 aliphatic carbocycles. The van der Waals surface area contributed by atoms with Gasteiger partial charge in [-0.1, -0.05) is 0 Å². The zero-order valence-electron chi connectivity index (χ0n) is 16.5. The summed E-state index contributed by atoms with van der Waals surface area (Å²) in [5.41, 5.74) is 0.417. The summed E-state index contributed by atoms with van der Waals surface area (Å²) >= 11 is 0. The van der Waals surface area contributed by atoms with Crippen LogP contribution in [0.2, 0.25) is 0 Å². The standard InChI is InChI=1S/C19H31N5O3/c1-19(2)16(6-9-27-19)12-21-18(26)24-7-4-14(5-8-24)10-20-17(25)15-11-22-23(3)13-15/h11,13-14,16H,4-10,12H2,1-3H3,(H,20,25)(H,21,26). The summed E-state index contributed by atoms with van der Waals surface area (Å²) < 4.78 is 7.34. The van der Waals surface area contributed by atoms with Gasteiger partial charge in [0.15, 0.2) is 0 Å². The van der Waals surface area contributed by atoms with Crippen molar-refractivity contribution in [1.82, 2.24) is 25.3 Å². The Morgan fingerprint density at radius 1 is 1.22 bits per heavy atom. The Labute approximate surface area is 160 Å². The largest absolute Gasteiger partial charge is 0.375 e. The van der Waals surface area contributed by atoms with Crippen LogP contribution in [-0.4, -0.2) is 65.0 Å². The molecule has 3 rings (SSSR count). The van der Waals surface area contributed by atoms with Crippen LogP contribution >= 0.6 is 0 Å². The summed E-state index contributed by atoms with van der Waals surface area (Å²) in [5, 5.41) is 10.1. The van der Waals surface area contributed by atoms with Crippen LogP contribution in [0.25, 0.3) is 0 Å². The maximum atomic E-state index is 12.4. The summed E-state index contributed by atoms with van der Waals surface area (Å²) in [7, 11) is 1.79. The number of amides is 3. The van der Waals surface area contributed by atoms with Crippen LogP contribution in [0.4, 0.5) is 4.79 Å². The van der Waals surface area contributed by atoms with E-state index in [0.717, 1.165) is 39.0 Å². The highest BCUT2D eigenvalue weighted by Crippen LogP contribution is 2.30. The van der Waals surface area contributed by atoms with Gasteiger partial charge in [-0.25, -0.2) is 4.79 Å². The maximum Gasteiger partial charge on any atom is 0.317 e. The van der Waals surface area contributed by atoms with Gasteiger partial charge in [0.2, 0.25) is 0 Å². The van der Waals surface area contributed by atoms with E-state index in [1.807, 2.05) is 4.90 Å². The Morgan fingerprint density at radius 2 is 1.96 bits per heavy atom. The van der Waals surface area contributed by atoms with Gasteiger partial charge in [-0.2, -0.15) is 5.10 Å². The highest BCUT2D eigenvalue weighted by Gasteiger charge is 2.36. The number of carbonyl (C=O) groups excluding carboxylic acids is 2. The molecule has 1 aromatic rings. The van der Waals surface area contributed by atoms with Gasteiger partial charge in [0, 0.05) is 51.9 Å². The van der Waals surface area contributed by atoms with Gasteiger partial charge in [-0.3, -0.25) is 9.48 Å². The van der Waals surface area contributed by atoms with E-state index >= 15 is 0 Å². The molecule has 2 aliphatic heterocycles. The first-order valence-electron chi connectivity index (χ1n) is 9.79. The third-order valence-electron chi connectivity index (χ3n) is 5.84. The molecule has 8 heteroatoms. The number of ether oxygens (including phenoxy) is 1. The van der Waals surface area contributed by atoms with E-state index in [2.05, 4.69) is 29.6 Å². The Bertz CT molecular complexity index is 664. The number of carbonyl (C=O) groups is 2. The fourth-order valence-electron chi connectivity index (χ4n) is 3.82. The predicted octanol–water partition coefficient (Wildman–Crippen LogP) is 1.39. The molecular weight excluding hydrogens is 346 g/mol. The number of nitrogens with one attached hydrogen (secondary N) is 2. The number of likely N-dealkylation sites (tertiary alicyclic amines) is 1. The minimum Gasteiger partial charge on any atom is -0.375 e. The maximum absolute atomic E-state index is 12.4. The van der Waals surface area contributed by atoms with Crippen molar-refractivity contribution < 1.29 is 14.3 Å². The van der Waals surface area contributed by atoms with Gasteiger partial charge >= 0.3 is 6.03 Å². The molecule has 150 valence electrons.